The lowest BCUT2D eigenvalue weighted by atomic mass is 10.3. The van der Waals surface area contributed by atoms with Crippen molar-refractivity contribution in [1.29, 1.82) is 0 Å². The molecule has 3 rings (SSSR count). The van der Waals surface area contributed by atoms with Gasteiger partial charge in [0.25, 0.3) is 11.6 Å². The van der Waals surface area contributed by atoms with E-state index in [0.717, 1.165) is 5.69 Å². The molecule has 27 heavy (non-hydrogen) atoms. The summed E-state index contributed by atoms with van der Waals surface area (Å²) in [6.45, 7) is 0.515. The molecule has 0 saturated carbocycles. The summed E-state index contributed by atoms with van der Waals surface area (Å²) in [5.41, 5.74) is 0.892. The summed E-state index contributed by atoms with van der Waals surface area (Å²) < 4.78 is 12.8. The van der Waals surface area contributed by atoms with E-state index in [2.05, 4.69) is 5.10 Å². The normalized spacial score (nSPS) is 10.6. The van der Waals surface area contributed by atoms with Crippen LogP contribution in [0.2, 0.25) is 0 Å². The van der Waals surface area contributed by atoms with E-state index in [1.54, 1.807) is 30.1 Å². The van der Waals surface area contributed by atoms with Crippen molar-refractivity contribution >= 4 is 11.6 Å². The second-order valence-electron chi connectivity index (χ2n) is 5.91. The first-order chi connectivity index (χ1) is 12.9. The number of non-ortho nitro benzene ring substituents is 1. The first-order valence-electron chi connectivity index (χ1n) is 8.12. The quantitative estimate of drug-likeness (QED) is 0.468. The molecule has 140 valence electrons. The van der Waals surface area contributed by atoms with Gasteiger partial charge in [0.2, 0.25) is 0 Å². The number of ether oxygens (including phenoxy) is 1. The standard InChI is InChI=1S/C18H18N4O5/c1-20(11-14-9-10-19-21(14)2)18(23)17-8-7-16(27-17)12-26-15-5-3-13(4-6-15)22(24)25/h3-10H,11-12H2,1-2H3. The van der Waals surface area contributed by atoms with E-state index in [0.29, 0.717) is 18.1 Å². The second kappa shape index (κ2) is 7.73. The molecular weight excluding hydrogens is 352 g/mol. The Morgan fingerprint density at radius 2 is 2.00 bits per heavy atom. The zero-order valence-corrected chi connectivity index (χ0v) is 14.9. The Labute approximate surface area is 154 Å². The van der Waals surface area contributed by atoms with Gasteiger partial charge in [-0.15, -0.1) is 0 Å². The number of nitro benzene ring substituents is 1. The Bertz CT molecular complexity index is 945. The summed E-state index contributed by atoms with van der Waals surface area (Å²) in [5, 5.41) is 14.7. The third-order valence-electron chi connectivity index (χ3n) is 3.97. The second-order valence-corrected chi connectivity index (χ2v) is 5.91. The van der Waals surface area contributed by atoms with Crippen LogP contribution in [0.5, 0.6) is 5.75 Å². The van der Waals surface area contributed by atoms with Gasteiger partial charge in [0.1, 0.15) is 18.1 Å². The van der Waals surface area contributed by atoms with E-state index < -0.39 is 4.92 Å². The van der Waals surface area contributed by atoms with Crippen molar-refractivity contribution in [3.63, 3.8) is 0 Å². The predicted molar refractivity (Wildman–Crippen MR) is 95.1 cm³/mol. The lowest BCUT2D eigenvalue weighted by Crippen LogP contribution is -2.26. The van der Waals surface area contributed by atoms with Crippen LogP contribution >= 0.6 is 0 Å². The number of carbonyl (C=O) groups is 1. The minimum absolute atomic E-state index is 0.00955. The van der Waals surface area contributed by atoms with Crippen LogP contribution in [0.1, 0.15) is 22.0 Å². The molecule has 3 aromatic rings. The minimum atomic E-state index is -0.476. The van der Waals surface area contributed by atoms with Crippen LogP contribution in [-0.2, 0) is 20.2 Å². The van der Waals surface area contributed by atoms with Gasteiger partial charge in [0.05, 0.1) is 17.2 Å². The summed E-state index contributed by atoms with van der Waals surface area (Å²) in [7, 11) is 3.50. The fourth-order valence-electron chi connectivity index (χ4n) is 2.45. The molecule has 1 amide bonds. The number of hydrogen-bond donors (Lipinski definition) is 0. The molecule has 9 nitrogen and oxygen atoms in total. The molecule has 0 unspecified atom stereocenters. The van der Waals surface area contributed by atoms with Crippen molar-refractivity contribution in [2.24, 2.45) is 7.05 Å². The summed E-state index contributed by atoms with van der Waals surface area (Å²) in [6, 6.07) is 10.8. The monoisotopic (exact) mass is 370 g/mol. The van der Waals surface area contributed by atoms with E-state index in [1.807, 2.05) is 13.1 Å². The van der Waals surface area contributed by atoms with Crippen LogP contribution in [0.4, 0.5) is 5.69 Å². The number of aromatic nitrogens is 2. The van der Waals surface area contributed by atoms with Crippen molar-refractivity contribution in [3.8, 4) is 5.75 Å². The molecule has 1 aromatic carbocycles. The maximum atomic E-state index is 12.5. The number of benzene rings is 1. The lowest BCUT2D eigenvalue weighted by molar-refractivity contribution is -0.384. The fourth-order valence-corrected chi connectivity index (χ4v) is 2.45. The Hall–Kier alpha value is -3.62. The Balaban J connectivity index is 1.58. The Kier molecular flexibility index (Phi) is 5.20. The molecule has 9 heteroatoms. The van der Waals surface area contributed by atoms with Gasteiger partial charge in [-0.1, -0.05) is 0 Å². The number of carbonyl (C=O) groups excluding carboxylic acids is 1. The Morgan fingerprint density at radius 3 is 2.63 bits per heavy atom. The van der Waals surface area contributed by atoms with Crippen LogP contribution in [0.15, 0.2) is 53.1 Å². The number of rotatable bonds is 7. The molecular formula is C18H18N4O5. The van der Waals surface area contributed by atoms with Crippen molar-refractivity contribution in [2.75, 3.05) is 7.05 Å². The van der Waals surface area contributed by atoms with Gasteiger partial charge < -0.3 is 14.1 Å². The Morgan fingerprint density at radius 1 is 1.26 bits per heavy atom. The van der Waals surface area contributed by atoms with Crippen molar-refractivity contribution in [3.05, 3.63) is 76.0 Å². The SMILES string of the molecule is CN(Cc1ccnn1C)C(=O)c1ccc(COc2ccc([N+](=O)[O-])cc2)o1. The molecule has 2 aromatic heterocycles. The fraction of sp³-hybridized carbons (Fsp3) is 0.222. The van der Waals surface area contributed by atoms with Gasteiger partial charge in [-0.05, 0) is 30.3 Å². The van der Waals surface area contributed by atoms with Crippen LogP contribution < -0.4 is 4.74 Å². The number of aryl methyl sites for hydroxylation is 1. The van der Waals surface area contributed by atoms with Gasteiger partial charge in [0, 0.05) is 32.4 Å². The molecule has 0 aliphatic rings. The molecule has 0 bridgehead atoms. The summed E-state index contributed by atoms with van der Waals surface area (Å²) in [5.74, 6) is 0.906. The number of nitrogens with zero attached hydrogens (tertiary/aromatic N) is 4. The molecule has 0 spiro atoms. The number of hydrogen-bond acceptors (Lipinski definition) is 6. The maximum absolute atomic E-state index is 12.5. The van der Waals surface area contributed by atoms with E-state index in [-0.39, 0.29) is 24.0 Å². The average Bonchev–Trinajstić information content (AvgIpc) is 3.29. The highest BCUT2D eigenvalue weighted by atomic mass is 16.6. The highest BCUT2D eigenvalue weighted by Gasteiger charge is 2.17. The van der Waals surface area contributed by atoms with Crippen molar-refractivity contribution in [1.82, 2.24) is 14.7 Å². The molecule has 0 fully saturated rings. The first kappa shape index (κ1) is 18.2. The topological polar surface area (TPSA) is 104 Å². The largest absolute Gasteiger partial charge is 0.486 e. The maximum Gasteiger partial charge on any atom is 0.289 e. The number of amides is 1. The highest BCUT2D eigenvalue weighted by Crippen LogP contribution is 2.19. The van der Waals surface area contributed by atoms with E-state index in [1.165, 1.54) is 29.2 Å². The van der Waals surface area contributed by atoms with Crippen LogP contribution in [-0.4, -0.2) is 32.6 Å². The predicted octanol–water partition coefficient (Wildman–Crippen LogP) is 2.77. The van der Waals surface area contributed by atoms with Gasteiger partial charge in [0.15, 0.2) is 5.76 Å². The zero-order chi connectivity index (χ0) is 19.4. The third kappa shape index (κ3) is 4.32. The molecule has 0 N–H and O–H groups in total. The van der Waals surface area contributed by atoms with Crippen molar-refractivity contribution in [2.45, 2.75) is 13.2 Å². The van der Waals surface area contributed by atoms with Gasteiger partial charge in [-0.3, -0.25) is 19.6 Å². The van der Waals surface area contributed by atoms with E-state index in [9.17, 15) is 14.9 Å². The van der Waals surface area contributed by atoms with Crippen LogP contribution in [0.25, 0.3) is 0 Å². The molecule has 0 atom stereocenters. The summed E-state index contributed by atoms with van der Waals surface area (Å²) in [6.07, 6.45) is 1.67. The molecule has 0 aliphatic carbocycles. The van der Waals surface area contributed by atoms with Crippen molar-refractivity contribution < 1.29 is 18.9 Å². The molecule has 0 aliphatic heterocycles. The third-order valence-corrected chi connectivity index (χ3v) is 3.97. The number of nitro groups is 1. The van der Waals surface area contributed by atoms with Gasteiger partial charge >= 0.3 is 0 Å². The van der Waals surface area contributed by atoms with Crippen LogP contribution in [0, 0.1) is 10.1 Å². The van der Waals surface area contributed by atoms with Gasteiger partial charge in [-0.25, -0.2) is 0 Å². The van der Waals surface area contributed by atoms with Crippen LogP contribution in [0.3, 0.4) is 0 Å². The minimum Gasteiger partial charge on any atom is -0.486 e. The average molecular weight is 370 g/mol. The molecule has 0 radical (unpaired) electrons. The smallest absolute Gasteiger partial charge is 0.289 e. The first-order valence-corrected chi connectivity index (χ1v) is 8.12. The number of furan rings is 1. The van der Waals surface area contributed by atoms with E-state index in [4.69, 9.17) is 9.15 Å². The van der Waals surface area contributed by atoms with Gasteiger partial charge in [-0.2, -0.15) is 5.10 Å². The highest BCUT2D eigenvalue weighted by molar-refractivity contribution is 5.91. The van der Waals surface area contributed by atoms with E-state index >= 15 is 0 Å². The lowest BCUT2D eigenvalue weighted by Gasteiger charge is -2.15. The zero-order valence-electron chi connectivity index (χ0n) is 14.9. The summed E-state index contributed by atoms with van der Waals surface area (Å²) >= 11 is 0. The molecule has 0 saturated heterocycles. The molecule has 2 heterocycles. The summed E-state index contributed by atoms with van der Waals surface area (Å²) in [4.78, 5) is 24.2.